The first-order valence-electron chi connectivity index (χ1n) is 7.55. The Morgan fingerprint density at radius 2 is 1.76 bits per heavy atom. The van der Waals surface area contributed by atoms with Gasteiger partial charge in [-0.25, -0.2) is 0 Å². The summed E-state index contributed by atoms with van der Waals surface area (Å²) in [7, 11) is 0. The van der Waals surface area contributed by atoms with E-state index in [0.717, 1.165) is 31.0 Å². The lowest BCUT2D eigenvalue weighted by atomic mass is 10.0. The van der Waals surface area contributed by atoms with Gasteiger partial charge in [0.15, 0.2) is 0 Å². The quantitative estimate of drug-likeness (QED) is 0.881. The Morgan fingerprint density at radius 3 is 2.48 bits per heavy atom. The standard InChI is InChI=1S/C18H21ClN2/c1-14-7-8-15(19)13-18(14)20-16-9-11-21(12-10-16)17-5-3-2-4-6-17/h2-8,13,16,20H,9-12H2,1H3. The van der Waals surface area contributed by atoms with E-state index in [-0.39, 0.29) is 0 Å². The first-order chi connectivity index (χ1) is 10.2. The smallest absolute Gasteiger partial charge is 0.0426 e. The molecular formula is C18H21ClN2. The van der Waals surface area contributed by atoms with Crippen molar-refractivity contribution in [2.24, 2.45) is 0 Å². The van der Waals surface area contributed by atoms with Gasteiger partial charge >= 0.3 is 0 Å². The second-order valence-corrected chi connectivity index (χ2v) is 6.14. The van der Waals surface area contributed by atoms with Gasteiger partial charge < -0.3 is 10.2 Å². The summed E-state index contributed by atoms with van der Waals surface area (Å²) in [5.74, 6) is 0. The van der Waals surface area contributed by atoms with Crippen LogP contribution in [0.15, 0.2) is 48.5 Å². The minimum atomic E-state index is 0.530. The van der Waals surface area contributed by atoms with Crippen LogP contribution in [-0.2, 0) is 0 Å². The minimum absolute atomic E-state index is 0.530. The molecule has 3 heteroatoms. The summed E-state index contributed by atoms with van der Waals surface area (Å²) in [6.45, 7) is 4.32. The van der Waals surface area contributed by atoms with Crippen molar-refractivity contribution in [3.8, 4) is 0 Å². The number of rotatable bonds is 3. The molecule has 1 N–H and O–H groups in total. The van der Waals surface area contributed by atoms with Crippen LogP contribution in [0.25, 0.3) is 0 Å². The average molecular weight is 301 g/mol. The third kappa shape index (κ3) is 3.51. The Labute approximate surface area is 131 Å². The van der Waals surface area contributed by atoms with Gasteiger partial charge in [0.25, 0.3) is 0 Å². The maximum Gasteiger partial charge on any atom is 0.0426 e. The number of halogens is 1. The molecule has 1 saturated heterocycles. The zero-order valence-electron chi connectivity index (χ0n) is 12.3. The minimum Gasteiger partial charge on any atom is -0.382 e. The zero-order valence-corrected chi connectivity index (χ0v) is 13.1. The van der Waals surface area contributed by atoms with Crippen LogP contribution in [0.1, 0.15) is 18.4 Å². The van der Waals surface area contributed by atoms with Gasteiger partial charge in [0, 0.05) is 35.5 Å². The maximum atomic E-state index is 6.09. The van der Waals surface area contributed by atoms with Crippen molar-refractivity contribution in [2.75, 3.05) is 23.3 Å². The molecule has 0 saturated carbocycles. The molecule has 0 atom stereocenters. The van der Waals surface area contributed by atoms with Crippen LogP contribution < -0.4 is 10.2 Å². The van der Waals surface area contributed by atoms with Crippen LogP contribution in [0.3, 0.4) is 0 Å². The fourth-order valence-corrected chi connectivity index (χ4v) is 3.06. The van der Waals surface area contributed by atoms with Gasteiger partial charge in [0.1, 0.15) is 0 Å². The second-order valence-electron chi connectivity index (χ2n) is 5.70. The molecule has 0 amide bonds. The molecule has 0 spiro atoms. The summed E-state index contributed by atoms with van der Waals surface area (Å²) in [4.78, 5) is 2.46. The van der Waals surface area contributed by atoms with E-state index in [9.17, 15) is 0 Å². The van der Waals surface area contributed by atoms with E-state index in [4.69, 9.17) is 11.6 Å². The van der Waals surface area contributed by atoms with Crippen molar-refractivity contribution in [1.29, 1.82) is 0 Å². The number of anilines is 2. The number of piperidine rings is 1. The van der Waals surface area contributed by atoms with E-state index in [2.05, 4.69) is 53.5 Å². The highest BCUT2D eigenvalue weighted by molar-refractivity contribution is 6.30. The molecule has 2 aromatic rings. The lowest BCUT2D eigenvalue weighted by molar-refractivity contribution is 0.526. The molecule has 0 radical (unpaired) electrons. The first kappa shape index (κ1) is 14.3. The van der Waals surface area contributed by atoms with Crippen LogP contribution in [0.5, 0.6) is 0 Å². The summed E-state index contributed by atoms with van der Waals surface area (Å²) in [5, 5.41) is 4.45. The topological polar surface area (TPSA) is 15.3 Å². The molecule has 1 aliphatic heterocycles. The Morgan fingerprint density at radius 1 is 1.05 bits per heavy atom. The van der Waals surface area contributed by atoms with E-state index in [1.165, 1.54) is 16.9 Å². The molecule has 110 valence electrons. The maximum absolute atomic E-state index is 6.09. The fraction of sp³-hybridized carbons (Fsp3) is 0.333. The molecule has 0 unspecified atom stereocenters. The van der Waals surface area contributed by atoms with Crippen LogP contribution in [0.4, 0.5) is 11.4 Å². The third-order valence-corrected chi connectivity index (χ3v) is 4.41. The van der Waals surface area contributed by atoms with Crippen molar-refractivity contribution in [3.63, 3.8) is 0 Å². The van der Waals surface area contributed by atoms with E-state index >= 15 is 0 Å². The number of benzene rings is 2. The summed E-state index contributed by atoms with van der Waals surface area (Å²) in [6, 6.07) is 17.2. The Hall–Kier alpha value is -1.67. The van der Waals surface area contributed by atoms with E-state index in [1.807, 2.05) is 12.1 Å². The highest BCUT2D eigenvalue weighted by Gasteiger charge is 2.19. The van der Waals surface area contributed by atoms with Gasteiger partial charge in [-0.05, 0) is 49.6 Å². The number of hydrogen-bond acceptors (Lipinski definition) is 2. The van der Waals surface area contributed by atoms with Crippen molar-refractivity contribution in [1.82, 2.24) is 0 Å². The van der Waals surface area contributed by atoms with Crippen molar-refractivity contribution in [3.05, 3.63) is 59.1 Å². The molecule has 3 rings (SSSR count). The lowest BCUT2D eigenvalue weighted by Gasteiger charge is -2.34. The van der Waals surface area contributed by atoms with Gasteiger partial charge in [-0.1, -0.05) is 35.9 Å². The zero-order chi connectivity index (χ0) is 14.7. The van der Waals surface area contributed by atoms with Crippen molar-refractivity contribution >= 4 is 23.0 Å². The highest BCUT2D eigenvalue weighted by Crippen LogP contribution is 2.25. The number of nitrogens with zero attached hydrogens (tertiary/aromatic N) is 1. The molecule has 21 heavy (non-hydrogen) atoms. The SMILES string of the molecule is Cc1ccc(Cl)cc1NC1CCN(c2ccccc2)CC1. The van der Waals surface area contributed by atoms with Gasteiger partial charge in [-0.3, -0.25) is 0 Å². The summed E-state index contributed by atoms with van der Waals surface area (Å²) >= 11 is 6.09. The Bertz CT molecular complexity index is 589. The molecule has 1 fully saturated rings. The van der Waals surface area contributed by atoms with Crippen LogP contribution in [0, 0.1) is 6.92 Å². The fourth-order valence-electron chi connectivity index (χ4n) is 2.89. The molecule has 0 bridgehead atoms. The van der Waals surface area contributed by atoms with Gasteiger partial charge in [-0.15, -0.1) is 0 Å². The van der Waals surface area contributed by atoms with Crippen LogP contribution in [0.2, 0.25) is 5.02 Å². The number of nitrogens with one attached hydrogen (secondary N) is 1. The summed E-state index contributed by atoms with van der Waals surface area (Å²) in [5.41, 5.74) is 3.75. The predicted octanol–water partition coefficient (Wildman–Crippen LogP) is 4.73. The average Bonchev–Trinajstić information content (AvgIpc) is 2.53. The molecule has 1 heterocycles. The highest BCUT2D eigenvalue weighted by atomic mass is 35.5. The molecule has 2 nitrogen and oxygen atoms in total. The Kier molecular flexibility index (Phi) is 4.35. The normalized spacial score (nSPS) is 16.0. The van der Waals surface area contributed by atoms with Gasteiger partial charge in [-0.2, -0.15) is 0 Å². The summed E-state index contributed by atoms with van der Waals surface area (Å²) < 4.78 is 0. The first-order valence-corrected chi connectivity index (χ1v) is 7.93. The molecule has 2 aromatic carbocycles. The van der Waals surface area contributed by atoms with Crippen molar-refractivity contribution in [2.45, 2.75) is 25.8 Å². The molecule has 0 aromatic heterocycles. The predicted molar refractivity (Wildman–Crippen MR) is 91.5 cm³/mol. The molecule has 1 aliphatic rings. The number of hydrogen-bond donors (Lipinski definition) is 1. The third-order valence-electron chi connectivity index (χ3n) is 4.18. The Balaban J connectivity index is 1.60. The van der Waals surface area contributed by atoms with Crippen LogP contribution in [-0.4, -0.2) is 19.1 Å². The molecular weight excluding hydrogens is 280 g/mol. The van der Waals surface area contributed by atoms with E-state index in [1.54, 1.807) is 0 Å². The lowest BCUT2D eigenvalue weighted by Crippen LogP contribution is -2.39. The monoisotopic (exact) mass is 300 g/mol. The molecule has 0 aliphatic carbocycles. The van der Waals surface area contributed by atoms with Gasteiger partial charge in [0.2, 0.25) is 0 Å². The van der Waals surface area contributed by atoms with Crippen molar-refractivity contribution < 1.29 is 0 Å². The largest absolute Gasteiger partial charge is 0.382 e. The van der Waals surface area contributed by atoms with Crippen LogP contribution >= 0.6 is 11.6 Å². The number of para-hydroxylation sites is 1. The summed E-state index contributed by atoms with van der Waals surface area (Å²) in [6.07, 6.45) is 2.31. The van der Waals surface area contributed by atoms with E-state index < -0.39 is 0 Å². The van der Waals surface area contributed by atoms with Gasteiger partial charge in [0.05, 0.1) is 0 Å². The second kappa shape index (κ2) is 6.40. The number of aryl methyl sites for hydroxylation is 1. The van der Waals surface area contributed by atoms with E-state index in [0.29, 0.717) is 6.04 Å².